The molecule has 0 spiro atoms. The molecule has 0 unspecified atom stereocenters. The van der Waals surface area contributed by atoms with Crippen molar-refractivity contribution in [3.05, 3.63) is 0 Å². The molecule has 1 rings (SSSR count). The van der Waals surface area contributed by atoms with E-state index in [0.717, 1.165) is 18.4 Å². The Kier molecular flexibility index (Phi) is 5.94. The highest BCUT2D eigenvalue weighted by Crippen LogP contribution is 2.25. The van der Waals surface area contributed by atoms with Crippen molar-refractivity contribution >= 4 is 0 Å². The Labute approximate surface area is 108 Å². The Bertz CT molecular complexity index is 199. The van der Waals surface area contributed by atoms with Crippen LogP contribution in [-0.4, -0.2) is 29.6 Å². The molecule has 102 valence electrons. The molecule has 1 saturated carbocycles. The first-order valence-electron chi connectivity index (χ1n) is 7.41. The maximum Gasteiger partial charge on any atom is 0.0109 e. The van der Waals surface area contributed by atoms with Gasteiger partial charge in [-0.1, -0.05) is 26.7 Å². The van der Waals surface area contributed by atoms with Crippen LogP contribution >= 0.6 is 0 Å². The molecule has 0 radical (unpaired) electrons. The van der Waals surface area contributed by atoms with E-state index >= 15 is 0 Å². The van der Waals surface area contributed by atoms with E-state index < -0.39 is 0 Å². The molecule has 0 aromatic rings. The maximum absolute atomic E-state index is 6.11. The average molecular weight is 240 g/mol. The molecule has 2 nitrogen and oxygen atoms in total. The number of hydrogen-bond acceptors (Lipinski definition) is 2. The molecular formula is C15H32N2. The first-order chi connectivity index (χ1) is 7.88. The van der Waals surface area contributed by atoms with Gasteiger partial charge in [-0.3, -0.25) is 0 Å². The zero-order valence-electron chi connectivity index (χ0n) is 12.3. The summed E-state index contributed by atoms with van der Waals surface area (Å²) < 4.78 is 0. The Morgan fingerprint density at radius 3 is 2.24 bits per heavy atom. The minimum atomic E-state index is -0.0192. The lowest BCUT2D eigenvalue weighted by Crippen LogP contribution is -2.41. The van der Waals surface area contributed by atoms with Crippen molar-refractivity contribution in [1.82, 2.24) is 4.90 Å². The number of rotatable bonds is 7. The van der Waals surface area contributed by atoms with Crippen LogP contribution < -0.4 is 5.73 Å². The molecule has 2 heteroatoms. The van der Waals surface area contributed by atoms with E-state index in [0.29, 0.717) is 0 Å². The fourth-order valence-corrected chi connectivity index (χ4v) is 2.60. The van der Waals surface area contributed by atoms with Gasteiger partial charge in [0.1, 0.15) is 0 Å². The number of nitrogens with zero attached hydrogens (tertiary/aromatic N) is 1. The zero-order valence-corrected chi connectivity index (χ0v) is 12.3. The summed E-state index contributed by atoms with van der Waals surface area (Å²) in [7, 11) is 0. The number of hydrogen-bond donors (Lipinski definition) is 1. The third-order valence-electron chi connectivity index (χ3n) is 3.88. The predicted octanol–water partition coefficient (Wildman–Crippen LogP) is 3.40. The fraction of sp³-hybridized carbons (Fsp3) is 1.00. The minimum absolute atomic E-state index is 0.0192. The molecule has 1 aliphatic carbocycles. The van der Waals surface area contributed by atoms with E-state index in [1.165, 1.54) is 45.2 Å². The van der Waals surface area contributed by atoms with Crippen LogP contribution in [0.2, 0.25) is 0 Å². The highest BCUT2D eigenvalue weighted by molar-refractivity contribution is 4.81. The standard InChI is InChI=1S/C15H32N2/c1-13(2)9-11-17(12-10-15(3,4)16)14-7-5-6-8-14/h13-14H,5-12,16H2,1-4H3. The minimum Gasteiger partial charge on any atom is -0.326 e. The van der Waals surface area contributed by atoms with Crippen LogP contribution in [0.25, 0.3) is 0 Å². The second-order valence-corrected chi connectivity index (χ2v) is 6.90. The molecule has 0 amide bonds. The van der Waals surface area contributed by atoms with Gasteiger partial charge in [0.05, 0.1) is 0 Å². The van der Waals surface area contributed by atoms with E-state index in [-0.39, 0.29) is 5.54 Å². The van der Waals surface area contributed by atoms with Crippen LogP contribution in [0.1, 0.15) is 66.2 Å². The van der Waals surface area contributed by atoms with Gasteiger partial charge in [-0.05, 0) is 52.0 Å². The Morgan fingerprint density at radius 2 is 1.76 bits per heavy atom. The molecule has 2 N–H and O–H groups in total. The van der Waals surface area contributed by atoms with Crippen LogP contribution in [0.4, 0.5) is 0 Å². The van der Waals surface area contributed by atoms with Gasteiger partial charge >= 0.3 is 0 Å². The topological polar surface area (TPSA) is 29.3 Å². The highest BCUT2D eigenvalue weighted by atomic mass is 15.2. The van der Waals surface area contributed by atoms with Crippen LogP contribution in [0.15, 0.2) is 0 Å². The van der Waals surface area contributed by atoms with Crippen molar-refractivity contribution in [3.63, 3.8) is 0 Å². The van der Waals surface area contributed by atoms with E-state index in [1.54, 1.807) is 0 Å². The molecule has 17 heavy (non-hydrogen) atoms. The number of nitrogens with two attached hydrogens (primary N) is 1. The van der Waals surface area contributed by atoms with Gasteiger partial charge in [-0.25, -0.2) is 0 Å². The molecule has 0 aromatic heterocycles. The van der Waals surface area contributed by atoms with Crippen LogP contribution in [-0.2, 0) is 0 Å². The van der Waals surface area contributed by atoms with E-state index in [2.05, 4.69) is 32.6 Å². The molecule has 0 heterocycles. The molecular weight excluding hydrogens is 208 g/mol. The summed E-state index contributed by atoms with van der Waals surface area (Å²) in [6.45, 7) is 11.4. The summed E-state index contributed by atoms with van der Waals surface area (Å²) in [6, 6.07) is 0.844. The average Bonchev–Trinajstić information content (AvgIpc) is 2.68. The first-order valence-corrected chi connectivity index (χ1v) is 7.41. The fourth-order valence-electron chi connectivity index (χ4n) is 2.60. The lowest BCUT2D eigenvalue weighted by atomic mass is 10.0. The van der Waals surface area contributed by atoms with Gasteiger partial charge in [-0.15, -0.1) is 0 Å². The third-order valence-corrected chi connectivity index (χ3v) is 3.88. The van der Waals surface area contributed by atoms with Gasteiger partial charge in [0.2, 0.25) is 0 Å². The monoisotopic (exact) mass is 240 g/mol. The van der Waals surface area contributed by atoms with Crippen molar-refractivity contribution in [2.45, 2.75) is 77.8 Å². The first kappa shape index (κ1) is 15.0. The van der Waals surface area contributed by atoms with Crippen molar-refractivity contribution in [2.75, 3.05) is 13.1 Å². The summed E-state index contributed by atoms with van der Waals surface area (Å²) in [5.74, 6) is 0.810. The van der Waals surface area contributed by atoms with Gasteiger partial charge in [0.25, 0.3) is 0 Å². The highest BCUT2D eigenvalue weighted by Gasteiger charge is 2.23. The molecule has 0 saturated heterocycles. The molecule has 0 aliphatic heterocycles. The van der Waals surface area contributed by atoms with E-state index in [9.17, 15) is 0 Å². The molecule has 0 bridgehead atoms. The van der Waals surface area contributed by atoms with Crippen molar-refractivity contribution in [1.29, 1.82) is 0 Å². The normalized spacial score (nSPS) is 18.5. The van der Waals surface area contributed by atoms with Crippen LogP contribution in [0, 0.1) is 5.92 Å². The maximum atomic E-state index is 6.11. The Hall–Kier alpha value is -0.0800. The summed E-state index contributed by atoms with van der Waals surface area (Å²) in [6.07, 6.45) is 8.10. The second kappa shape index (κ2) is 6.75. The smallest absolute Gasteiger partial charge is 0.0109 e. The molecule has 1 fully saturated rings. The van der Waals surface area contributed by atoms with Gasteiger partial charge in [0.15, 0.2) is 0 Å². The quantitative estimate of drug-likeness (QED) is 0.739. The van der Waals surface area contributed by atoms with Gasteiger partial charge < -0.3 is 10.6 Å². The predicted molar refractivity (Wildman–Crippen MR) is 76.2 cm³/mol. The summed E-state index contributed by atoms with van der Waals surface area (Å²) in [5.41, 5.74) is 6.09. The van der Waals surface area contributed by atoms with Crippen molar-refractivity contribution < 1.29 is 0 Å². The SMILES string of the molecule is CC(C)CCN(CCC(C)(C)N)C1CCCC1. The summed E-state index contributed by atoms with van der Waals surface area (Å²) in [5, 5.41) is 0. The van der Waals surface area contributed by atoms with Gasteiger partial charge in [0, 0.05) is 18.1 Å². The van der Waals surface area contributed by atoms with E-state index in [1.807, 2.05) is 0 Å². The van der Waals surface area contributed by atoms with Gasteiger partial charge in [-0.2, -0.15) is 0 Å². The Balaban J connectivity index is 2.40. The largest absolute Gasteiger partial charge is 0.326 e. The summed E-state index contributed by atoms with van der Waals surface area (Å²) in [4.78, 5) is 2.71. The van der Waals surface area contributed by atoms with Crippen LogP contribution in [0.5, 0.6) is 0 Å². The Morgan fingerprint density at radius 1 is 1.18 bits per heavy atom. The summed E-state index contributed by atoms with van der Waals surface area (Å²) >= 11 is 0. The third kappa shape index (κ3) is 6.42. The molecule has 1 aliphatic rings. The lowest BCUT2D eigenvalue weighted by Gasteiger charge is -2.32. The lowest BCUT2D eigenvalue weighted by molar-refractivity contribution is 0.174. The van der Waals surface area contributed by atoms with Crippen molar-refractivity contribution in [2.24, 2.45) is 11.7 Å². The van der Waals surface area contributed by atoms with E-state index in [4.69, 9.17) is 5.73 Å². The second-order valence-electron chi connectivity index (χ2n) is 6.90. The zero-order chi connectivity index (χ0) is 12.9. The molecule has 0 aromatic carbocycles. The molecule has 0 atom stereocenters. The van der Waals surface area contributed by atoms with Crippen molar-refractivity contribution in [3.8, 4) is 0 Å². The van der Waals surface area contributed by atoms with Crippen LogP contribution in [0.3, 0.4) is 0 Å².